The van der Waals surface area contributed by atoms with E-state index in [-0.39, 0.29) is 6.10 Å². The fraction of sp³-hybridized carbons (Fsp3) is 1.00. The predicted molar refractivity (Wildman–Crippen MR) is 51.6 cm³/mol. The summed E-state index contributed by atoms with van der Waals surface area (Å²) < 4.78 is 4.86. The minimum Gasteiger partial charge on any atom is -0.389 e. The fourth-order valence-corrected chi connectivity index (χ4v) is 2.31. The molecular weight excluding hydrogens is 174 g/mol. The average molecular weight is 191 g/mol. The molecule has 0 aromatic carbocycles. The van der Waals surface area contributed by atoms with Gasteiger partial charge in [-0.2, -0.15) is 11.8 Å². The first-order valence-electron chi connectivity index (χ1n) is 4.30. The van der Waals surface area contributed by atoms with Crippen LogP contribution in [0.1, 0.15) is 0 Å². The van der Waals surface area contributed by atoms with E-state index in [2.05, 4.69) is 4.90 Å². The van der Waals surface area contributed by atoms with Crippen molar-refractivity contribution >= 4 is 11.8 Å². The van der Waals surface area contributed by atoms with E-state index in [0.717, 1.165) is 19.6 Å². The smallest absolute Gasteiger partial charge is 0.0900 e. The number of aliphatic hydroxyl groups is 1. The Balaban J connectivity index is 2.11. The van der Waals surface area contributed by atoms with Gasteiger partial charge in [0.1, 0.15) is 0 Å². The van der Waals surface area contributed by atoms with Gasteiger partial charge < -0.3 is 9.84 Å². The summed E-state index contributed by atoms with van der Waals surface area (Å²) >= 11 is 1.98. The highest BCUT2D eigenvalue weighted by Gasteiger charge is 2.13. The van der Waals surface area contributed by atoms with Crippen LogP contribution in [0.25, 0.3) is 0 Å². The standard InChI is InChI=1S/C8H17NO2S/c1-11-7-8(10)6-9-2-4-12-5-3-9/h8,10H,2-7H2,1H3. The second kappa shape index (κ2) is 5.80. The summed E-state index contributed by atoms with van der Waals surface area (Å²) in [6, 6.07) is 0. The molecule has 0 aromatic rings. The molecule has 0 spiro atoms. The Labute approximate surface area is 78.1 Å². The molecule has 0 aromatic heterocycles. The van der Waals surface area contributed by atoms with Crippen LogP contribution in [0.15, 0.2) is 0 Å². The molecule has 1 unspecified atom stereocenters. The van der Waals surface area contributed by atoms with Crippen LogP contribution in [-0.4, -0.2) is 61.0 Å². The van der Waals surface area contributed by atoms with E-state index in [1.165, 1.54) is 11.5 Å². The molecule has 0 radical (unpaired) electrons. The maximum atomic E-state index is 9.43. The minimum absolute atomic E-state index is 0.321. The molecule has 3 nitrogen and oxygen atoms in total. The zero-order valence-electron chi connectivity index (χ0n) is 7.53. The largest absolute Gasteiger partial charge is 0.389 e. The van der Waals surface area contributed by atoms with E-state index in [4.69, 9.17) is 4.74 Å². The Morgan fingerprint density at radius 2 is 2.17 bits per heavy atom. The highest BCUT2D eigenvalue weighted by atomic mass is 32.2. The van der Waals surface area contributed by atoms with E-state index in [9.17, 15) is 5.11 Å². The predicted octanol–water partition coefficient (Wildman–Crippen LogP) is 0.0425. The third-order valence-electron chi connectivity index (χ3n) is 1.93. The second-order valence-electron chi connectivity index (χ2n) is 3.02. The van der Waals surface area contributed by atoms with Gasteiger partial charge in [-0.3, -0.25) is 4.90 Å². The van der Waals surface area contributed by atoms with Crippen LogP contribution in [0, 0.1) is 0 Å². The zero-order valence-corrected chi connectivity index (χ0v) is 8.35. The van der Waals surface area contributed by atoms with Crippen molar-refractivity contribution in [1.82, 2.24) is 4.90 Å². The van der Waals surface area contributed by atoms with Gasteiger partial charge in [0.25, 0.3) is 0 Å². The molecule has 1 rings (SSSR count). The Bertz CT molecular complexity index is 118. The summed E-state index contributed by atoms with van der Waals surface area (Å²) in [7, 11) is 1.62. The second-order valence-corrected chi connectivity index (χ2v) is 4.25. The lowest BCUT2D eigenvalue weighted by molar-refractivity contribution is 0.0399. The molecule has 0 saturated carbocycles. The molecular formula is C8H17NO2S. The Morgan fingerprint density at radius 3 is 2.75 bits per heavy atom. The first-order chi connectivity index (χ1) is 5.83. The summed E-state index contributed by atoms with van der Waals surface area (Å²) in [5.41, 5.74) is 0. The van der Waals surface area contributed by atoms with Crippen molar-refractivity contribution in [2.45, 2.75) is 6.10 Å². The lowest BCUT2D eigenvalue weighted by Crippen LogP contribution is -2.39. The maximum Gasteiger partial charge on any atom is 0.0900 e. The van der Waals surface area contributed by atoms with Gasteiger partial charge in [0.05, 0.1) is 12.7 Å². The van der Waals surface area contributed by atoms with Crippen molar-refractivity contribution in [2.24, 2.45) is 0 Å². The van der Waals surface area contributed by atoms with Crippen molar-refractivity contribution < 1.29 is 9.84 Å². The van der Waals surface area contributed by atoms with E-state index < -0.39 is 0 Å². The quantitative estimate of drug-likeness (QED) is 0.680. The highest BCUT2D eigenvalue weighted by Crippen LogP contribution is 2.09. The molecule has 1 heterocycles. The van der Waals surface area contributed by atoms with Crippen LogP contribution < -0.4 is 0 Å². The maximum absolute atomic E-state index is 9.43. The fourth-order valence-electron chi connectivity index (χ4n) is 1.33. The summed E-state index contributed by atoms with van der Waals surface area (Å²) in [6.45, 7) is 3.41. The molecule has 0 bridgehead atoms. The van der Waals surface area contributed by atoms with E-state index in [1.54, 1.807) is 7.11 Å². The van der Waals surface area contributed by atoms with Crippen molar-refractivity contribution in [3.05, 3.63) is 0 Å². The Kier molecular flexibility index (Phi) is 4.99. The molecule has 4 heteroatoms. The number of ether oxygens (including phenoxy) is 1. The van der Waals surface area contributed by atoms with Gasteiger partial charge in [-0.25, -0.2) is 0 Å². The van der Waals surface area contributed by atoms with Gasteiger partial charge in [0.15, 0.2) is 0 Å². The lowest BCUT2D eigenvalue weighted by Gasteiger charge is -2.27. The first-order valence-corrected chi connectivity index (χ1v) is 5.45. The van der Waals surface area contributed by atoms with Crippen molar-refractivity contribution in [1.29, 1.82) is 0 Å². The molecule has 1 aliphatic rings. The van der Waals surface area contributed by atoms with Crippen LogP contribution in [0.3, 0.4) is 0 Å². The van der Waals surface area contributed by atoms with Crippen LogP contribution in [0.2, 0.25) is 0 Å². The van der Waals surface area contributed by atoms with Gasteiger partial charge in [0, 0.05) is 38.2 Å². The number of hydrogen-bond donors (Lipinski definition) is 1. The number of hydrogen-bond acceptors (Lipinski definition) is 4. The van der Waals surface area contributed by atoms with Crippen LogP contribution in [0.5, 0.6) is 0 Å². The van der Waals surface area contributed by atoms with E-state index in [1.807, 2.05) is 11.8 Å². The number of β-amino-alcohol motifs (C(OH)–C–C–N with tert-alkyl or cyclic N) is 1. The molecule has 1 fully saturated rings. The lowest BCUT2D eigenvalue weighted by atomic mass is 10.3. The number of rotatable bonds is 4. The molecule has 1 atom stereocenters. The molecule has 1 N–H and O–H groups in total. The van der Waals surface area contributed by atoms with Gasteiger partial charge in [-0.05, 0) is 0 Å². The number of thioether (sulfide) groups is 1. The SMILES string of the molecule is COCC(O)CN1CCSCC1. The van der Waals surface area contributed by atoms with Gasteiger partial charge in [0.2, 0.25) is 0 Å². The minimum atomic E-state index is -0.321. The summed E-state index contributed by atoms with van der Waals surface area (Å²) in [4.78, 5) is 2.29. The van der Waals surface area contributed by atoms with Gasteiger partial charge in [-0.1, -0.05) is 0 Å². The molecule has 0 aliphatic carbocycles. The summed E-state index contributed by atoms with van der Waals surface area (Å²) in [5.74, 6) is 2.39. The van der Waals surface area contributed by atoms with E-state index >= 15 is 0 Å². The third kappa shape index (κ3) is 3.76. The monoisotopic (exact) mass is 191 g/mol. The molecule has 72 valence electrons. The van der Waals surface area contributed by atoms with Crippen molar-refractivity contribution in [3.8, 4) is 0 Å². The Hall–Kier alpha value is 0.230. The molecule has 1 aliphatic heterocycles. The topological polar surface area (TPSA) is 32.7 Å². The van der Waals surface area contributed by atoms with Crippen LogP contribution >= 0.6 is 11.8 Å². The van der Waals surface area contributed by atoms with Crippen molar-refractivity contribution in [2.75, 3.05) is 44.9 Å². The first kappa shape index (κ1) is 10.3. The summed E-state index contributed by atoms with van der Waals surface area (Å²) in [6.07, 6.45) is -0.321. The van der Waals surface area contributed by atoms with Gasteiger partial charge >= 0.3 is 0 Å². The van der Waals surface area contributed by atoms with E-state index in [0.29, 0.717) is 6.61 Å². The number of nitrogens with zero attached hydrogens (tertiary/aromatic N) is 1. The van der Waals surface area contributed by atoms with Gasteiger partial charge in [-0.15, -0.1) is 0 Å². The average Bonchev–Trinajstić information content (AvgIpc) is 2.06. The Morgan fingerprint density at radius 1 is 1.50 bits per heavy atom. The summed E-state index contributed by atoms with van der Waals surface area (Å²) in [5, 5.41) is 9.43. The van der Waals surface area contributed by atoms with Crippen molar-refractivity contribution in [3.63, 3.8) is 0 Å². The third-order valence-corrected chi connectivity index (χ3v) is 2.87. The molecule has 12 heavy (non-hydrogen) atoms. The number of aliphatic hydroxyl groups excluding tert-OH is 1. The normalized spacial score (nSPS) is 22.5. The highest BCUT2D eigenvalue weighted by molar-refractivity contribution is 7.99. The molecule has 1 saturated heterocycles. The zero-order chi connectivity index (χ0) is 8.81. The van der Waals surface area contributed by atoms with Crippen LogP contribution in [-0.2, 0) is 4.74 Å². The molecule has 0 amide bonds. The number of methoxy groups -OCH3 is 1. The van der Waals surface area contributed by atoms with Crippen LogP contribution in [0.4, 0.5) is 0 Å².